The Hall–Kier alpha value is -3.84. The number of aliphatic carboxylic acids is 1. The number of nitrogens with one attached hydrogen (secondary N) is 2. The number of carboxylic acids is 1. The molecule has 0 heterocycles. The van der Waals surface area contributed by atoms with E-state index in [0.717, 1.165) is 30.5 Å². The number of aliphatic hydroxyl groups excluding tert-OH is 1. The Morgan fingerprint density at radius 3 is 2.37 bits per heavy atom. The molecular weight excluding hydrogens is 444 g/mol. The Balaban J connectivity index is 1.43. The lowest BCUT2D eigenvalue weighted by molar-refractivity contribution is -0.139. The summed E-state index contributed by atoms with van der Waals surface area (Å²) in [7, 11) is 0. The SMILES string of the molecule is O=C(O)COc1ccccc1C(=O)N[C@@H]1CCC[C@@H](Nc2ccccc2Cc2ccccc2)[C@@H]1O. The summed E-state index contributed by atoms with van der Waals surface area (Å²) in [5.41, 5.74) is 3.56. The standard InChI is InChI=1S/C28H30N2O5/c31-26(32)18-35-25-16-7-5-12-21(25)28(34)30-24-15-8-14-23(27(24)33)29-22-13-6-4-11-20(22)17-19-9-2-1-3-10-19/h1-7,9-13,16,23-24,27,29,33H,8,14-15,17-18H2,(H,30,34)(H,31,32)/t23-,24-,27+/m1/s1. The predicted molar refractivity (Wildman–Crippen MR) is 134 cm³/mol. The van der Waals surface area contributed by atoms with Crippen LogP contribution in [-0.4, -0.2) is 46.9 Å². The minimum absolute atomic E-state index is 0.196. The van der Waals surface area contributed by atoms with E-state index in [1.165, 1.54) is 5.56 Å². The molecule has 35 heavy (non-hydrogen) atoms. The molecule has 182 valence electrons. The van der Waals surface area contributed by atoms with Gasteiger partial charge in [0.05, 0.1) is 23.8 Å². The van der Waals surface area contributed by atoms with Gasteiger partial charge in [0.25, 0.3) is 5.91 Å². The molecule has 0 radical (unpaired) electrons. The third kappa shape index (κ3) is 6.39. The highest BCUT2D eigenvalue weighted by molar-refractivity contribution is 5.97. The van der Waals surface area contributed by atoms with Gasteiger partial charge in [-0.3, -0.25) is 4.79 Å². The van der Waals surface area contributed by atoms with Crippen molar-refractivity contribution in [3.05, 3.63) is 95.6 Å². The van der Waals surface area contributed by atoms with Crippen LogP contribution in [0.3, 0.4) is 0 Å². The molecule has 7 nitrogen and oxygen atoms in total. The first-order valence-electron chi connectivity index (χ1n) is 11.8. The van der Waals surface area contributed by atoms with E-state index in [9.17, 15) is 14.7 Å². The number of anilines is 1. The quantitative estimate of drug-likeness (QED) is 0.375. The monoisotopic (exact) mass is 474 g/mol. The first-order chi connectivity index (χ1) is 17.0. The first-order valence-corrected chi connectivity index (χ1v) is 11.8. The second-order valence-electron chi connectivity index (χ2n) is 8.75. The molecule has 1 amide bonds. The van der Waals surface area contributed by atoms with Crippen LogP contribution in [0.1, 0.15) is 40.7 Å². The number of hydrogen-bond acceptors (Lipinski definition) is 5. The Morgan fingerprint density at radius 1 is 0.886 bits per heavy atom. The Bertz CT molecular complexity index is 1150. The van der Waals surface area contributed by atoms with Gasteiger partial charge >= 0.3 is 5.97 Å². The maximum atomic E-state index is 13.0. The maximum Gasteiger partial charge on any atom is 0.341 e. The summed E-state index contributed by atoms with van der Waals surface area (Å²) in [6.07, 6.45) is 2.27. The molecule has 0 spiro atoms. The number of ether oxygens (including phenoxy) is 1. The predicted octanol–water partition coefficient (Wildman–Crippen LogP) is 3.86. The van der Waals surface area contributed by atoms with Gasteiger partial charge in [-0.25, -0.2) is 4.79 Å². The molecule has 1 saturated carbocycles. The molecule has 1 aliphatic rings. The first kappa shape index (κ1) is 24.3. The lowest BCUT2D eigenvalue weighted by atomic mass is 9.87. The van der Waals surface area contributed by atoms with Crippen LogP contribution in [0, 0.1) is 0 Å². The highest BCUT2D eigenvalue weighted by Crippen LogP contribution is 2.27. The average Bonchev–Trinajstić information content (AvgIpc) is 2.87. The molecule has 1 aliphatic carbocycles. The Kier molecular flexibility index (Phi) is 8.00. The van der Waals surface area contributed by atoms with Gasteiger partial charge < -0.3 is 25.6 Å². The van der Waals surface area contributed by atoms with E-state index in [1.54, 1.807) is 24.3 Å². The minimum Gasteiger partial charge on any atom is -0.481 e. The number of para-hydroxylation sites is 2. The van der Waals surface area contributed by atoms with Crippen molar-refractivity contribution in [3.8, 4) is 5.75 Å². The molecule has 3 atom stereocenters. The second-order valence-corrected chi connectivity index (χ2v) is 8.75. The topological polar surface area (TPSA) is 108 Å². The largest absolute Gasteiger partial charge is 0.481 e. The summed E-state index contributed by atoms with van der Waals surface area (Å²) in [6, 6.07) is 24.1. The van der Waals surface area contributed by atoms with Crippen molar-refractivity contribution in [2.24, 2.45) is 0 Å². The molecule has 1 fully saturated rings. The van der Waals surface area contributed by atoms with Crippen molar-refractivity contribution < 1.29 is 24.5 Å². The van der Waals surface area contributed by atoms with Gasteiger partial charge in [0, 0.05) is 5.69 Å². The van der Waals surface area contributed by atoms with Crippen molar-refractivity contribution in [1.82, 2.24) is 5.32 Å². The zero-order valence-electron chi connectivity index (χ0n) is 19.4. The summed E-state index contributed by atoms with van der Waals surface area (Å²) < 4.78 is 5.26. The van der Waals surface area contributed by atoms with Crippen LogP contribution in [-0.2, 0) is 11.2 Å². The van der Waals surface area contributed by atoms with Gasteiger partial charge in [0.1, 0.15) is 5.75 Å². The summed E-state index contributed by atoms with van der Waals surface area (Å²) in [4.78, 5) is 23.8. The number of amides is 1. The smallest absolute Gasteiger partial charge is 0.341 e. The molecule has 4 rings (SSSR count). The van der Waals surface area contributed by atoms with Crippen molar-refractivity contribution in [2.75, 3.05) is 11.9 Å². The maximum absolute atomic E-state index is 13.0. The average molecular weight is 475 g/mol. The zero-order chi connectivity index (χ0) is 24.6. The lowest BCUT2D eigenvalue weighted by Gasteiger charge is -2.36. The molecule has 0 unspecified atom stereocenters. The van der Waals surface area contributed by atoms with E-state index in [-0.39, 0.29) is 17.4 Å². The van der Waals surface area contributed by atoms with Gasteiger partial charge in [0.2, 0.25) is 0 Å². The summed E-state index contributed by atoms with van der Waals surface area (Å²) in [6.45, 7) is -0.537. The fourth-order valence-corrected chi connectivity index (χ4v) is 4.49. The summed E-state index contributed by atoms with van der Waals surface area (Å²) in [5.74, 6) is -1.33. The van der Waals surface area contributed by atoms with Gasteiger partial charge in [-0.1, -0.05) is 60.7 Å². The Morgan fingerprint density at radius 2 is 1.57 bits per heavy atom. The molecule has 4 N–H and O–H groups in total. The van der Waals surface area contributed by atoms with Crippen LogP contribution in [0.2, 0.25) is 0 Å². The van der Waals surface area contributed by atoms with Crippen molar-refractivity contribution in [3.63, 3.8) is 0 Å². The number of carbonyl (C=O) groups is 2. The van der Waals surface area contributed by atoms with Crippen molar-refractivity contribution in [2.45, 2.75) is 43.9 Å². The van der Waals surface area contributed by atoms with E-state index in [4.69, 9.17) is 9.84 Å². The lowest BCUT2D eigenvalue weighted by Crippen LogP contribution is -2.53. The fraction of sp³-hybridized carbons (Fsp3) is 0.286. The summed E-state index contributed by atoms with van der Waals surface area (Å²) >= 11 is 0. The molecule has 3 aromatic carbocycles. The normalized spacial score (nSPS) is 19.5. The van der Waals surface area contributed by atoms with Crippen LogP contribution in [0.5, 0.6) is 5.75 Å². The summed E-state index contributed by atoms with van der Waals surface area (Å²) in [5, 5.41) is 26.5. The molecular formula is C28H30N2O5. The Labute approximate surface area is 204 Å². The van der Waals surface area contributed by atoms with Gasteiger partial charge in [-0.15, -0.1) is 0 Å². The minimum atomic E-state index is -1.12. The van der Waals surface area contributed by atoms with Crippen molar-refractivity contribution >= 4 is 17.6 Å². The molecule has 7 heteroatoms. The molecule has 0 bridgehead atoms. The van der Waals surface area contributed by atoms with Crippen LogP contribution < -0.4 is 15.4 Å². The number of rotatable bonds is 9. The molecule has 3 aromatic rings. The number of benzene rings is 3. The van der Waals surface area contributed by atoms with Crippen molar-refractivity contribution in [1.29, 1.82) is 0 Å². The van der Waals surface area contributed by atoms with Crippen LogP contribution in [0.4, 0.5) is 5.69 Å². The van der Waals surface area contributed by atoms with E-state index in [0.29, 0.717) is 6.42 Å². The second kappa shape index (κ2) is 11.5. The van der Waals surface area contributed by atoms with E-state index in [1.807, 2.05) is 36.4 Å². The fourth-order valence-electron chi connectivity index (χ4n) is 4.49. The van der Waals surface area contributed by atoms with E-state index < -0.39 is 30.6 Å². The number of carboxylic acid groups (broad SMARTS) is 1. The van der Waals surface area contributed by atoms with Gasteiger partial charge in [0.15, 0.2) is 6.61 Å². The molecule has 0 saturated heterocycles. The van der Waals surface area contributed by atoms with E-state index >= 15 is 0 Å². The number of carbonyl (C=O) groups excluding carboxylic acids is 1. The molecule has 0 aromatic heterocycles. The molecule has 0 aliphatic heterocycles. The van der Waals surface area contributed by atoms with Crippen LogP contribution in [0.25, 0.3) is 0 Å². The highest BCUT2D eigenvalue weighted by Gasteiger charge is 2.33. The number of aliphatic hydroxyl groups is 1. The van der Waals surface area contributed by atoms with Gasteiger partial charge in [-0.05, 0) is 55.0 Å². The van der Waals surface area contributed by atoms with Gasteiger partial charge in [-0.2, -0.15) is 0 Å². The third-order valence-electron chi connectivity index (χ3n) is 6.25. The third-order valence-corrected chi connectivity index (χ3v) is 6.25. The number of hydrogen-bond donors (Lipinski definition) is 4. The zero-order valence-corrected chi connectivity index (χ0v) is 19.4. The van der Waals surface area contributed by atoms with Crippen LogP contribution >= 0.6 is 0 Å². The van der Waals surface area contributed by atoms with Crippen LogP contribution in [0.15, 0.2) is 78.9 Å². The highest BCUT2D eigenvalue weighted by atomic mass is 16.5. The van der Waals surface area contributed by atoms with E-state index in [2.05, 4.69) is 28.8 Å².